The summed E-state index contributed by atoms with van der Waals surface area (Å²) >= 11 is 6.36. The van der Waals surface area contributed by atoms with E-state index in [1.807, 2.05) is 52.0 Å². The average Bonchev–Trinajstić information content (AvgIpc) is 2.91. The topological polar surface area (TPSA) is 86.8 Å². The van der Waals surface area contributed by atoms with Crippen LogP contribution in [0.5, 0.6) is 0 Å². The van der Waals surface area contributed by atoms with Crippen molar-refractivity contribution >= 4 is 39.1 Å². The summed E-state index contributed by atoms with van der Waals surface area (Å²) in [6.07, 6.45) is 0.738. The molecule has 2 amide bonds. The molecule has 0 aromatic heterocycles. The number of rotatable bonds is 11. The number of hydrogen-bond acceptors (Lipinski definition) is 4. The molecular formula is C30H36ClN3O4S. The summed E-state index contributed by atoms with van der Waals surface area (Å²) < 4.78 is 28.7. The van der Waals surface area contributed by atoms with Crippen molar-refractivity contribution < 1.29 is 18.0 Å². The fraction of sp³-hybridized carbons (Fsp3) is 0.333. The Morgan fingerprint density at radius 3 is 2.26 bits per heavy atom. The summed E-state index contributed by atoms with van der Waals surface area (Å²) in [7, 11) is -4.13. The molecule has 3 rings (SSSR count). The van der Waals surface area contributed by atoms with E-state index in [1.54, 1.807) is 37.3 Å². The third kappa shape index (κ3) is 7.61. The quantitative estimate of drug-likeness (QED) is 0.331. The Hall–Kier alpha value is -3.36. The van der Waals surface area contributed by atoms with Crippen LogP contribution in [0.3, 0.4) is 0 Å². The number of benzene rings is 3. The van der Waals surface area contributed by atoms with Gasteiger partial charge in [-0.25, -0.2) is 8.42 Å². The van der Waals surface area contributed by atoms with Crippen LogP contribution in [-0.4, -0.2) is 43.8 Å². The van der Waals surface area contributed by atoms with Crippen molar-refractivity contribution in [2.75, 3.05) is 10.8 Å². The summed E-state index contributed by atoms with van der Waals surface area (Å²) in [5.41, 5.74) is 2.89. The van der Waals surface area contributed by atoms with Crippen LogP contribution in [0.1, 0.15) is 43.9 Å². The minimum absolute atomic E-state index is 0.0438. The molecule has 0 aliphatic rings. The standard InChI is InChI=1S/C30H36ClN3O4S/c1-6-23(4)32-30(36)24(5)33(19-25-12-10-11-21(2)17-25)29(35)20-34(26-16-15-22(3)28(31)18-26)39(37,38)27-13-8-7-9-14-27/h7-18,23-24H,6,19-20H2,1-5H3,(H,32,36)/t23-,24+/m1/s1. The Bertz CT molecular complexity index is 1410. The molecule has 0 fully saturated rings. The minimum atomic E-state index is -4.13. The van der Waals surface area contributed by atoms with Gasteiger partial charge in [0.2, 0.25) is 11.8 Å². The highest BCUT2D eigenvalue weighted by molar-refractivity contribution is 7.92. The molecule has 1 N–H and O–H groups in total. The predicted octanol–water partition coefficient (Wildman–Crippen LogP) is 5.48. The highest BCUT2D eigenvalue weighted by atomic mass is 35.5. The number of halogens is 1. The molecule has 0 saturated heterocycles. The van der Waals surface area contributed by atoms with Gasteiger partial charge < -0.3 is 10.2 Å². The van der Waals surface area contributed by atoms with Gasteiger partial charge in [-0.15, -0.1) is 0 Å². The first-order valence-electron chi connectivity index (χ1n) is 12.9. The number of aryl methyl sites for hydroxylation is 2. The zero-order valence-electron chi connectivity index (χ0n) is 23.0. The SMILES string of the molecule is CC[C@@H](C)NC(=O)[C@H](C)N(Cc1cccc(C)c1)C(=O)CN(c1ccc(C)c(Cl)c1)S(=O)(=O)c1ccccc1. The number of nitrogens with one attached hydrogen (secondary N) is 1. The summed E-state index contributed by atoms with van der Waals surface area (Å²) in [5, 5.41) is 3.32. The van der Waals surface area contributed by atoms with Crippen LogP contribution < -0.4 is 9.62 Å². The third-order valence-corrected chi connectivity index (χ3v) is 8.85. The van der Waals surface area contributed by atoms with Crippen molar-refractivity contribution in [3.63, 3.8) is 0 Å². The minimum Gasteiger partial charge on any atom is -0.352 e. The van der Waals surface area contributed by atoms with Gasteiger partial charge in [0.05, 0.1) is 10.6 Å². The number of amides is 2. The van der Waals surface area contributed by atoms with E-state index in [2.05, 4.69) is 5.32 Å². The first-order chi connectivity index (χ1) is 18.4. The molecule has 0 aliphatic carbocycles. The summed E-state index contributed by atoms with van der Waals surface area (Å²) in [6, 6.07) is 19.6. The van der Waals surface area contributed by atoms with E-state index in [0.29, 0.717) is 5.02 Å². The van der Waals surface area contributed by atoms with Crippen LogP contribution in [0.4, 0.5) is 5.69 Å². The zero-order chi connectivity index (χ0) is 28.7. The molecular weight excluding hydrogens is 534 g/mol. The van der Waals surface area contributed by atoms with Crippen LogP contribution in [0.25, 0.3) is 0 Å². The van der Waals surface area contributed by atoms with E-state index >= 15 is 0 Å². The maximum atomic E-state index is 14.0. The van der Waals surface area contributed by atoms with Gasteiger partial charge in [-0.3, -0.25) is 13.9 Å². The Morgan fingerprint density at radius 2 is 1.64 bits per heavy atom. The first kappa shape index (κ1) is 30.2. The molecule has 208 valence electrons. The molecule has 0 aliphatic heterocycles. The lowest BCUT2D eigenvalue weighted by molar-refractivity contribution is -0.139. The van der Waals surface area contributed by atoms with Crippen molar-refractivity contribution in [2.45, 2.75) is 64.6 Å². The van der Waals surface area contributed by atoms with Gasteiger partial charge in [0.25, 0.3) is 10.0 Å². The number of anilines is 1. The van der Waals surface area contributed by atoms with Crippen molar-refractivity contribution in [1.82, 2.24) is 10.2 Å². The number of carbonyl (C=O) groups excluding carboxylic acids is 2. The van der Waals surface area contributed by atoms with E-state index in [1.165, 1.54) is 23.1 Å². The molecule has 9 heteroatoms. The molecule has 3 aromatic carbocycles. The molecule has 39 heavy (non-hydrogen) atoms. The average molecular weight is 570 g/mol. The molecule has 3 aromatic rings. The van der Waals surface area contributed by atoms with Crippen molar-refractivity contribution in [1.29, 1.82) is 0 Å². The highest BCUT2D eigenvalue weighted by Gasteiger charge is 2.33. The maximum absolute atomic E-state index is 14.0. The van der Waals surface area contributed by atoms with Crippen LogP contribution in [-0.2, 0) is 26.2 Å². The van der Waals surface area contributed by atoms with Gasteiger partial charge in [0, 0.05) is 17.6 Å². The molecule has 7 nitrogen and oxygen atoms in total. The van der Waals surface area contributed by atoms with Crippen molar-refractivity contribution in [3.8, 4) is 0 Å². The second-order valence-corrected chi connectivity index (χ2v) is 12.0. The molecule has 2 atom stereocenters. The van der Waals surface area contributed by atoms with Crippen molar-refractivity contribution in [3.05, 3.63) is 94.5 Å². The Balaban J connectivity index is 2.04. The molecule has 0 saturated carbocycles. The van der Waals surface area contributed by atoms with Gasteiger partial charge in [-0.1, -0.05) is 72.6 Å². The third-order valence-electron chi connectivity index (χ3n) is 6.66. The monoisotopic (exact) mass is 569 g/mol. The number of nitrogens with zero attached hydrogens (tertiary/aromatic N) is 2. The molecule has 0 bridgehead atoms. The van der Waals surface area contributed by atoms with Crippen LogP contribution >= 0.6 is 11.6 Å². The fourth-order valence-electron chi connectivity index (χ4n) is 4.04. The lowest BCUT2D eigenvalue weighted by Gasteiger charge is -2.32. The molecule has 0 unspecified atom stereocenters. The van der Waals surface area contributed by atoms with E-state index in [9.17, 15) is 18.0 Å². The summed E-state index contributed by atoms with van der Waals surface area (Å²) in [6.45, 7) is 8.91. The largest absolute Gasteiger partial charge is 0.352 e. The van der Waals surface area contributed by atoms with Gasteiger partial charge >= 0.3 is 0 Å². The van der Waals surface area contributed by atoms with Crippen molar-refractivity contribution in [2.24, 2.45) is 0 Å². The lowest BCUT2D eigenvalue weighted by Crippen LogP contribution is -2.52. The fourth-order valence-corrected chi connectivity index (χ4v) is 5.64. The van der Waals surface area contributed by atoms with Gasteiger partial charge in [0.1, 0.15) is 12.6 Å². The van der Waals surface area contributed by atoms with Gasteiger partial charge in [0.15, 0.2) is 0 Å². The maximum Gasteiger partial charge on any atom is 0.264 e. The Morgan fingerprint density at radius 1 is 0.949 bits per heavy atom. The second kappa shape index (κ2) is 13.1. The van der Waals surface area contributed by atoms with Crippen LogP contribution in [0, 0.1) is 13.8 Å². The van der Waals surface area contributed by atoms with E-state index < -0.39 is 28.5 Å². The van der Waals surface area contributed by atoms with Crippen LogP contribution in [0.2, 0.25) is 5.02 Å². The van der Waals surface area contributed by atoms with E-state index in [0.717, 1.165) is 27.4 Å². The highest BCUT2D eigenvalue weighted by Crippen LogP contribution is 2.28. The first-order valence-corrected chi connectivity index (χ1v) is 14.7. The Kier molecular flexibility index (Phi) is 10.2. The van der Waals surface area contributed by atoms with E-state index in [-0.39, 0.29) is 29.1 Å². The number of sulfonamides is 1. The molecule has 0 heterocycles. The Labute approximate surface area is 236 Å². The smallest absolute Gasteiger partial charge is 0.264 e. The van der Waals surface area contributed by atoms with Gasteiger partial charge in [-0.05, 0) is 69.5 Å². The predicted molar refractivity (Wildman–Crippen MR) is 156 cm³/mol. The zero-order valence-corrected chi connectivity index (χ0v) is 24.6. The summed E-state index contributed by atoms with van der Waals surface area (Å²) in [4.78, 5) is 28.5. The molecule has 0 radical (unpaired) electrons. The van der Waals surface area contributed by atoms with Gasteiger partial charge in [-0.2, -0.15) is 0 Å². The number of carbonyl (C=O) groups is 2. The molecule has 0 spiro atoms. The van der Waals surface area contributed by atoms with Crippen LogP contribution in [0.15, 0.2) is 77.7 Å². The second-order valence-electron chi connectivity index (χ2n) is 9.76. The summed E-state index contributed by atoms with van der Waals surface area (Å²) in [5.74, 6) is -0.819. The lowest BCUT2D eigenvalue weighted by atomic mass is 10.1. The number of hydrogen-bond donors (Lipinski definition) is 1. The van der Waals surface area contributed by atoms with E-state index in [4.69, 9.17) is 11.6 Å². The normalized spacial score (nSPS) is 12.9.